The fourth-order valence-electron chi connectivity index (χ4n) is 3.11. The molecule has 1 amide bonds. The number of ether oxygens (including phenoxy) is 1. The fourth-order valence-corrected chi connectivity index (χ4v) is 3.11. The summed E-state index contributed by atoms with van der Waals surface area (Å²) in [5.41, 5.74) is -0.792. The van der Waals surface area contributed by atoms with Crippen molar-refractivity contribution in [2.75, 3.05) is 6.54 Å². The van der Waals surface area contributed by atoms with Gasteiger partial charge in [-0.05, 0) is 40.0 Å². The van der Waals surface area contributed by atoms with Gasteiger partial charge in [0.05, 0.1) is 5.92 Å². The Balaban J connectivity index is 2.06. The Hall–Kier alpha value is -1.26. The molecule has 3 unspecified atom stereocenters. The SMILES string of the molecule is CC(C)(C)OC(=O)N1CCCC1C1(C)CC1C(=O)O. The molecule has 0 spiro atoms. The molecule has 19 heavy (non-hydrogen) atoms. The molecule has 2 aliphatic rings. The molecule has 5 nitrogen and oxygen atoms in total. The van der Waals surface area contributed by atoms with Gasteiger partial charge in [0, 0.05) is 18.0 Å². The molecule has 1 aliphatic carbocycles. The second-order valence-corrected chi connectivity index (χ2v) is 6.93. The molecule has 1 heterocycles. The normalized spacial score (nSPS) is 34.2. The molecule has 1 saturated carbocycles. The number of carboxylic acid groups (broad SMARTS) is 1. The van der Waals surface area contributed by atoms with Crippen molar-refractivity contribution in [3.05, 3.63) is 0 Å². The van der Waals surface area contributed by atoms with Crippen LogP contribution in [0.15, 0.2) is 0 Å². The number of carboxylic acids is 1. The minimum atomic E-state index is -0.751. The quantitative estimate of drug-likeness (QED) is 0.836. The van der Waals surface area contributed by atoms with Crippen LogP contribution in [-0.4, -0.2) is 40.3 Å². The number of hydrogen-bond donors (Lipinski definition) is 1. The van der Waals surface area contributed by atoms with E-state index in [0.717, 1.165) is 12.8 Å². The van der Waals surface area contributed by atoms with Gasteiger partial charge in [-0.3, -0.25) is 4.79 Å². The van der Waals surface area contributed by atoms with Gasteiger partial charge in [-0.2, -0.15) is 0 Å². The molecule has 0 radical (unpaired) electrons. The molecule has 1 N–H and O–H groups in total. The van der Waals surface area contributed by atoms with E-state index in [9.17, 15) is 9.59 Å². The topological polar surface area (TPSA) is 66.8 Å². The Bertz CT molecular complexity index is 401. The maximum absolute atomic E-state index is 12.2. The molecule has 1 aliphatic heterocycles. The predicted molar refractivity (Wildman–Crippen MR) is 69.8 cm³/mol. The van der Waals surface area contributed by atoms with Crippen molar-refractivity contribution in [3.63, 3.8) is 0 Å². The highest BCUT2D eigenvalue weighted by Crippen LogP contribution is 2.58. The fraction of sp³-hybridized carbons (Fsp3) is 0.857. The largest absolute Gasteiger partial charge is 0.481 e. The number of likely N-dealkylation sites (tertiary alicyclic amines) is 1. The second-order valence-electron chi connectivity index (χ2n) is 6.93. The van der Waals surface area contributed by atoms with E-state index in [1.165, 1.54) is 0 Å². The van der Waals surface area contributed by atoms with E-state index in [1.54, 1.807) is 4.90 Å². The molecule has 5 heteroatoms. The zero-order chi connectivity index (χ0) is 14.4. The Morgan fingerprint density at radius 2 is 2.00 bits per heavy atom. The molecule has 1 saturated heterocycles. The molecule has 3 atom stereocenters. The Labute approximate surface area is 113 Å². The number of aliphatic carboxylic acids is 1. The Morgan fingerprint density at radius 1 is 1.37 bits per heavy atom. The lowest BCUT2D eigenvalue weighted by atomic mass is 9.93. The number of carbonyl (C=O) groups is 2. The Kier molecular flexibility index (Phi) is 3.27. The zero-order valence-electron chi connectivity index (χ0n) is 12.1. The minimum Gasteiger partial charge on any atom is -0.481 e. The van der Waals surface area contributed by atoms with Crippen molar-refractivity contribution in [2.45, 2.75) is 58.6 Å². The van der Waals surface area contributed by atoms with E-state index < -0.39 is 11.6 Å². The molecular weight excluding hydrogens is 246 g/mol. The van der Waals surface area contributed by atoms with Gasteiger partial charge in [0.15, 0.2) is 0 Å². The van der Waals surface area contributed by atoms with Gasteiger partial charge in [-0.15, -0.1) is 0 Å². The first-order valence-corrected chi connectivity index (χ1v) is 6.87. The average Bonchev–Trinajstić information content (AvgIpc) is 2.74. The van der Waals surface area contributed by atoms with Crippen LogP contribution in [0.2, 0.25) is 0 Å². The van der Waals surface area contributed by atoms with Crippen LogP contribution < -0.4 is 0 Å². The summed E-state index contributed by atoms with van der Waals surface area (Å²) in [6.07, 6.45) is 2.14. The zero-order valence-corrected chi connectivity index (χ0v) is 12.1. The summed E-state index contributed by atoms with van der Waals surface area (Å²) in [6, 6.07) is 0.00319. The van der Waals surface area contributed by atoms with Gasteiger partial charge in [0.1, 0.15) is 5.60 Å². The number of hydrogen-bond acceptors (Lipinski definition) is 3. The highest BCUT2D eigenvalue weighted by molar-refractivity contribution is 5.76. The molecule has 2 fully saturated rings. The van der Waals surface area contributed by atoms with Crippen molar-refractivity contribution in [3.8, 4) is 0 Å². The van der Waals surface area contributed by atoms with E-state index in [1.807, 2.05) is 27.7 Å². The number of amides is 1. The molecule has 0 aromatic heterocycles. The highest BCUT2D eigenvalue weighted by atomic mass is 16.6. The lowest BCUT2D eigenvalue weighted by Gasteiger charge is -2.32. The lowest BCUT2D eigenvalue weighted by molar-refractivity contribution is -0.139. The summed E-state index contributed by atoms with van der Waals surface area (Å²) in [5, 5.41) is 9.13. The summed E-state index contributed by atoms with van der Waals surface area (Å²) in [7, 11) is 0. The van der Waals surface area contributed by atoms with Crippen LogP contribution in [0.4, 0.5) is 4.79 Å². The summed E-state index contributed by atoms with van der Waals surface area (Å²) >= 11 is 0. The van der Waals surface area contributed by atoms with Crippen LogP contribution in [0.3, 0.4) is 0 Å². The van der Waals surface area contributed by atoms with Crippen molar-refractivity contribution >= 4 is 12.1 Å². The van der Waals surface area contributed by atoms with Crippen molar-refractivity contribution in [2.24, 2.45) is 11.3 Å². The van der Waals surface area contributed by atoms with E-state index in [0.29, 0.717) is 13.0 Å². The standard InChI is InChI=1S/C14H23NO4/c1-13(2,3)19-12(18)15-7-5-6-10(15)14(4)8-9(14)11(16)17/h9-10H,5-8H2,1-4H3,(H,16,17). The molecule has 2 rings (SSSR count). The van der Waals surface area contributed by atoms with Gasteiger partial charge in [0.25, 0.3) is 0 Å². The lowest BCUT2D eigenvalue weighted by Crippen LogP contribution is -2.44. The summed E-state index contributed by atoms with van der Waals surface area (Å²) in [6.45, 7) is 8.17. The first kappa shape index (κ1) is 14.2. The van der Waals surface area contributed by atoms with Crippen LogP contribution in [0, 0.1) is 11.3 Å². The second kappa shape index (κ2) is 4.39. The third kappa shape index (κ3) is 2.69. The van der Waals surface area contributed by atoms with Gasteiger partial charge < -0.3 is 14.7 Å². The maximum Gasteiger partial charge on any atom is 0.410 e. The first-order chi connectivity index (χ1) is 8.65. The van der Waals surface area contributed by atoms with Crippen molar-refractivity contribution in [1.82, 2.24) is 4.90 Å². The maximum atomic E-state index is 12.2. The molecule has 0 aromatic rings. The summed E-state index contributed by atoms with van der Waals surface area (Å²) in [5.74, 6) is -1.07. The third-order valence-corrected chi connectivity index (χ3v) is 4.22. The molecule has 0 bridgehead atoms. The van der Waals surface area contributed by atoms with Crippen LogP contribution in [-0.2, 0) is 9.53 Å². The van der Waals surface area contributed by atoms with Gasteiger partial charge in [0.2, 0.25) is 0 Å². The van der Waals surface area contributed by atoms with Crippen LogP contribution >= 0.6 is 0 Å². The molecule has 0 aromatic carbocycles. The number of rotatable bonds is 2. The number of nitrogens with zero attached hydrogens (tertiary/aromatic N) is 1. The van der Waals surface area contributed by atoms with Crippen molar-refractivity contribution in [1.29, 1.82) is 0 Å². The highest BCUT2D eigenvalue weighted by Gasteiger charge is 2.62. The van der Waals surface area contributed by atoms with Crippen LogP contribution in [0.25, 0.3) is 0 Å². The van der Waals surface area contributed by atoms with E-state index in [-0.39, 0.29) is 23.5 Å². The molecule has 108 valence electrons. The van der Waals surface area contributed by atoms with E-state index in [2.05, 4.69) is 0 Å². The van der Waals surface area contributed by atoms with E-state index >= 15 is 0 Å². The van der Waals surface area contributed by atoms with E-state index in [4.69, 9.17) is 9.84 Å². The summed E-state index contributed by atoms with van der Waals surface area (Å²) in [4.78, 5) is 25.0. The number of carbonyl (C=O) groups excluding carboxylic acids is 1. The monoisotopic (exact) mass is 269 g/mol. The average molecular weight is 269 g/mol. The predicted octanol–water partition coefficient (Wildman–Crippen LogP) is 2.50. The third-order valence-electron chi connectivity index (χ3n) is 4.22. The summed E-state index contributed by atoms with van der Waals surface area (Å²) < 4.78 is 5.41. The van der Waals surface area contributed by atoms with Crippen LogP contribution in [0.5, 0.6) is 0 Å². The molecular formula is C14H23NO4. The minimum absolute atomic E-state index is 0.00319. The van der Waals surface area contributed by atoms with Gasteiger partial charge >= 0.3 is 12.1 Å². The first-order valence-electron chi connectivity index (χ1n) is 6.87. The Morgan fingerprint density at radius 3 is 2.47 bits per heavy atom. The van der Waals surface area contributed by atoms with Gasteiger partial charge in [-0.25, -0.2) is 4.79 Å². The van der Waals surface area contributed by atoms with Gasteiger partial charge in [-0.1, -0.05) is 6.92 Å². The van der Waals surface area contributed by atoms with Crippen molar-refractivity contribution < 1.29 is 19.4 Å². The van der Waals surface area contributed by atoms with Crippen LogP contribution in [0.1, 0.15) is 47.0 Å². The smallest absolute Gasteiger partial charge is 0.410 e.